The van der Waals surface area contributed by atoms with Crippen LogP contribution in [-0.2, 0) is 12.8 Å². The molecule has 144 valence electrons. The molecule has 4 heteroatoms. The van der Waals surface area contributed by atoms with E-state index in [2.05, 4.69) is 26.0 Å². The smallest absolute Gasteiger partial charge is 0.336 e. The Balaban J connectivity index is 2.16. The fraction of sp³-hybridized carbons (Fsp3) is 0.250. The van der Waals surface area contributed by atoms with Crippen molar-refractivity contribution < 1.29 is 14.7 Å². The number of aromatic carboxylic acids is 1. The summed E-state index contributed by atoms with van der Waals surface area (Å²) in [5.41, 5.74) is 7.78. The van der Waals surface area contributed by atoms with Gasteiger partial charge in [-0.3, -0.25) is 4.79 Å². The van der Waals surface area contributed by atoms with Gasteiger partial charge >= 0.3 is 5.97 Å². The molecule has 1 N–H and O–H groups in total. The first-order valence-electron chi connectivity index (χ1n) is 9.45. The summed E-state index contributed by atoms with van der Waals surface area (Å²) in [5.74, 6) is -0.870. The van der Waals surface area contributed by atoms with Crippen LogP contribution in [0.4, 0.5) is 0 Å². The molecule has 0 radical (unpaired) electrons. The monoisotopic (exact) mass is 392 g/mol. The molecular weight excluding hydrogens is 368 g/mol. The van der Waals surface area contributed by atoms with Crippen LogP contribution in [0.5, 0.6) is 0 Å². The van der Waals surface area contributed by atoms with Gasteiger partial charge in [0, 0.05) is 4.88 Å². The molecule has 28 heavy (non-hydrogen) atoms. The fourth-order valence-corrected chi connectivity index (χ4v) is 4.79. The summed E-state index contributed by atoms with van der Waals surface area (Å²) < 4.78 is 0. The molecule has 0 aliphatic heterocycles. The van der Waals surface area contributed by atoms with Gasteiger partial charge in [-0.1, -0.05) is 38.1 Å². The van der Waals surface area contributed by atoms with Crippen LogP contribution in [0.1, 0.15) is 56.1 Å². The molecule has 0 aliphatic rings. The van der Waals surface area contributed by atoms with E-state index in [1.54, 1.807) is 0 Å². The van der Waals surface area contributed by atoms with E-state index < -0.39 is 5.97 Å². The third kappa shape index (κ3) is 3.65. The Bertz CT molecular complexity index is 1060. The Labute approximate surface area is 169 Å². The van der Waals surface area contributed by atoms with Gasteiger partial charge in [0.15, 0.2) is 6.29 Å². The standard InChI is InChI=1S/C24H24O3S/c1-5-16-11-18(9-14(3)22(16)21-8-7-20(13-25)28-21)19-10-15(4)23(24(26)27)17(6-2)12-19/h7-13H,5-6H2,1-4H3,(H,26,27). The van der Waals surface area contributed by atoms with Gasteiger partial charge in [-0.15, -0.1) is 11.3 Å². The summed E-state index contributed by atoms with van der Waals surface area (Å²) in [5, 5.41) is 9.53. The summed E-state index contributed by atoms with van der Waals surface area (Å²) >= 11 is 1.51. The van der Waals surface area contributed by atoms with E-state index in [0.29, 0.717) is 12.0 Å². The second kappa shape index (κ2) is 8.11. The first kappa shape index (κ1) is 20.0. The van der Waals surface area contributed by atoms with Crippen LogP contribution in [0.15, 0.2) is 36.4 Å². The molecule has 3 aromatic rings. The van der Waals surface area contributed by atoms with Crippen LogP contribution in [0.2, 0.25) is 0 Å². The van der Waals surface area contributed by atoms with Gasteiger partial charge in [0.05, 0.1) is 10.4 Å². The lowest BCUT2D eigenvalue weighted by Gasteiger charge is -2.16. The summed E-state index contributed by atoms with van der Waals surface area (Å²) in [6.45, 7) is 8.07. The highest BCUT2D eigenvalue weighted by Crippen LogP contribution is 2.37. The highest BCUT2D eigenvalue weighted by molar-refractivity contribution is 7.17. The zero-order valence-corrected chi connectivity index (χ0v) is 17.4. The molecule has 3 rings (SSSR count). The van der Waals surface area contributed by atoms with E-state index in [0.717, 1.165) is 50.3 Å². The largest absolute Gasteiger partial charge is 0.478 e. The summed E-state index contributed by atoms with van der Waals surface area (Å²) in [7, 11) is 0. The minimum Gasteiger partial charge on any atom is -0.478 e. The van der Waals surface area contributed by atoms with Crippen LogP contribution >= 0.6 is 11.3 Å². The quantitative estimate of drug-likeness (QED) is 0.498. The molecule has 0 saturated heterocycles. The Hall–Kier alpha value is -2.72. The summed E-state index contributed by atoms with van der Waals surface area (Å²) in [6.07, 6.45) is 2.45. The van der Waals surface area contributed by atoms with Crippen molar-refractivity contribution in [2.75, 3.05) is 0 Å². The molecule has 0 amide bonds. The molecule has 2 aromatic carbocycles. The lowest BCUT2D eigenvalue weighted by molar-refractivity contribution is 0.0695. The van der Waals surface area contributed by atoms with E-state index in [9.17, 15) is 14.7 Å². The maximum Gasteiger partial charge on any atom is 0.336 e. The minimum atomic E-state index is -0.870. The van der Waals surface area contributed by atoms with Gasteiger partial charge in [-0.2, -0.15) is 0 Å². The molecule has 0 atom stereocenters. The second-order valence-corrected chi connectivity index (χ2v) is 8.10. The van der Waals surface area contributed by atoms with E-state index in [4.69, 9.17) is 0 Å². The number of carboxylic acids is 1. The maximum absolute atomic E-state index is 11.6. The predicted octanol–water partition coefficient (Wildman–Crippen LogP) is 6.33. The number of aryl methyl sites for hydroxylation is 4. The number of carbonyl (C=O) groups excluding carboxylic acids is 1. The van der Waals surface area contributed by atoms with Gasteiger partial charge < -0.3 is 5.11 Å². The van der Waals surface area contributed by atoms with Gasteiger partial charge in [0.2, 0.25) is 0 Å². The zero-order valence-electron chi connectivity index (χ0n) is 16.6. The second-order valence-electron chi connectivity index (χ2n) is 6.99. The van der Waals surface area contributed by atoms with E-state index >= 15 is 0 Å². The number of thiophene rings is 1. The Morgan fingerprint density at radius 1 is 0.964 bits per heavy atom. The Kier molecular flexibility index (Phi) is 5.80. The van der Waals surface area contributed by atoms with Gasteiger partial charge in [-0.05, 0) is 77.8 Å². The number of rotatable bonds is 6. The number of aldehydes is 1. The lowest BCUT2D eigenvalue weighted by atomic mass is 9.89. The van der Waals surface area contributed by atoms with Crippen molar-refractivity contribution >= 4 is 23.6 Å². The lowest BCUT2D eigenvalue weighted by Crippen LogP contribution is -2.05. The van der Waals surface area contributed by atoms with Crippen LogP contribution in [0, 0.1) is 13.8 Å². The van der Waals surface area contributed by atoms with Crippen molar-refractivity contribution in [1.29, 1.82) is 0 Å². The normalized spacial score (nSPS) is 10.9. The average Bonchev–Trinajstić information content (AvgIpc) is 3.14. The molecule has 1 aromatic heterocycles. The maximum atomic E-state index is 11.6. The van der Waals surface area contributed by atoms with Crippen LogP contribution in [0.25, 0.3) is 21.6 Å². The number of hydrogen-bond donors (Lipinski definition) is 1. The van der Waals surface area contributed by atoms with E-state index in [1.165, 1.54) is 22.5 Å². The van der Waals surface area contributed by atoms with Gasteiger partial charge in [0.1, 0.15) is 0 Å². The summed E-state index contributed by atoms with van der Waals surface area (Å²) in [6, 6.07) is 12.2. The van der Waals surface area contributed by atoms with E-state index in [1.807, 2.05) is 38.1 Å². The van der Waals surface area contributed by atoms with Crippen molar-refractivity contribution in [1.82, 2.24) is 0 Å². The molecular formula is C24H24O3S. The van der Waals surface area contributed by atoms with Crippen molar-refractivity contribution in [3.63, 3.8) is 0 Å². The van der Waals surface area contributed by atoms with Crippen LogP contribution in [0.3, 0.4) is 0 Å². The molecule has 0 unspecified atom stereocenters. The van der Waals surface area contributed by atoms with Crippen LogP contribution in [-0.4, -0.2) is 17.4 Å². The molecule has 0 saturated carbocycles. The zero-order chi connectivity index (χ0) is 20.4. The SMILES string of the molecule is CCc1cc(-c2cc(C)c(-c3ccc(C=O)s3)c(CC)c2)cc(C)c1C(=O)O. The van der Waals surface area contributed by atoms with E-state index in [-0.39, 0.29) is 0 Å². The van der Waals surface area contributed by atoms with Gasteiger partial charge in [0.25, 0.3) is 0 Å². The molecule has 0 bridgehead atoms. The van der Waals surface area contributed by atoms with Crippen LogP contribution < -0.4 is 0 Å². The van der Waals surface area contributed by atoms with Crippen molar-refractivity contribution in [3.05, 3.63) is 69.1 Å². The first-order chi connectivity index (χ1) is 13.4. The predicted molar refractivity (Wildman–Crippen MR) is 116 cm³/mol. The third-order valence-corrected chi connectivity index (χ3v) is 6.16. The molecule has 0 spiro atoms. The Morgan fingerprint density at radius 3 is 2.11 bits per heavy atom. The molecule has 0 aliphatic carbocycles. The number of benzene rings is 2. The summed E-state index contributed by atoms with van der Waals surface area (Å²) in [4.78, 5) is 24.5. The number of hydrogen-bond acceptors (Lipinski definition) is 3. The molecule has 3 nitrogen and oxygen atoms in total. The molecule has 0 fully saturated rings. The topological polar surface area (TPSA) is 54.4 Å². The number of carboxylic acid groups (broad SMARTS) is 1. The third-order valence-electron chi connectivity index (χ3n) is 5.13. The van der Waals surface area contributed by atoms with Gasteiger partial charge in [-0.25, -0.2) is 4.79 Å². The van der Waals surface area contributed by atoms with Crippen molar-refractivity contribution in [2.45, 2.75) is 40.5 Å². The van der Waals surface area contributed by atoms with Crippen molar-refractivity contribution in [2.24, 2.45) is 0 Å². The number of carbonyl (C=O) groups is 2. The average molecular weight is 393 g/mol. The fourth-order valence-electron chi connectivity index (χ4n) is 3.82. The molecule has 1 heterocycles. The Morgan fingerprint density at radius 2 is 1.57 bits per heavy atom. The first-order valence-corrected chi connectivity index (χ1v) is 10.3. The van der Waals surface area contributed by atoms with Crippen molar-refractivity contribution in [3.8, 4) is 21.6 Å². The highest BCUT2D eigenvalue weighted by atomic mass is 32.1. The minimum absolute atomic E-state index is 0.412. The highest BCUT2D eigenvalue weighted by Gasteiger charge is 2.17.